The maximum atomic E-state index is 13.0. The topological polar surface area (TPSA) is 231 Å². The van der Waals surface area contributed by atoms with Gasteiger partial charge in [-0.05, 0) is 24.7 Å². The molecule has 0 bridgehead atoms. The highest BCUT2D eigenvalue weighted by Crippen LogP contribution is 2.27. The molecule has 2 aliphatic rings. The number of aliphatic hydroxyl groups excluding tert-OH is 7. The van der Waals surface area contributed by atoms with Crippen LogP contribution in [0, 0.1) is 11.8 Å². The van der Waals surface area contributed by atoms with E-state index in [2.05, 4.69) is 27.7 Å². The third-order valence-electron chi connectivity index (χ3n) is 12.9. The Bertz CT molecular complexity index is 1160. The molecular weight excluding hydrogens is 829 g/mol. The normalized spacial score (nSPS) is 27.5. The summed E-state index contributed by atoms with van der Waals surface area (Å²) in [5, 5.41) is 72.0. The predicted octanol–water partition coefficient (Wildman–Crippen LogP) is 6.54. The number of unbranched alkanes of at least 4 members (excludes halogenated alkanes) is 16. The molecule has 0 radical (unpaired) electrons. The van der Waals surface area contributed by atoms with Crippen LogP contribution in [0.4, 0.5) is 0 Å². The molecule has 15 heteroatoms. The zero-order chi connectivity index (χ0) is 47.1. The van der Waals surface area contributed by atoms with Crippen LogP contribution in [0.25, 0.3) is 0 Å². The minimum atomic E-state index is -1.76. The van der Waals surface area contributed by atoms with Crippen LogP contribution >= 0.6 is 0 Å². The summed E-state index contributed by atoms with van der Waals surface area (Å²) in [6, 6.07) is 0. The van der Waals surface area contributed by atoms with Crippen LogP contribution in [0.3, 0.4) is 0 Å². The van der Waals surface area contributed by atoms with Crippen LogP contribution in [0.15, 0.2) is 0 Å². The Morgan fingerprint density at radius 1 is 0.484 bits per heavy atom. The van der Waals surface area contributed by atoms with E-state index in [1.165, 1.54) is 103 Å². The van der Waals surface area contributed by atoms with Gasteiger partial charge in [-0.2, -0.15) is 0 Å². The Labute approximate surface area is 385 Å². The van der Waals surface area contributed by atoms with Gasteiger partial charge < -0.3 is 64.2 Å². The molecule has 64 heavy (non-hydrogen) atoms. The zero-order valence-electron chi connectivity index (χ0n) is 40.1. The zero-order valence-corrected chi connectivity index (χ0v) is 40.1. The smallest absolute Gasteiger partial charge is 0.306 e. The van der Waals surface area contributed by atoms with Crippen molar-refractivity contribution in [1.82, 2.24) is 0 Å². The molecule has 2 saturated heterocycles. The van der Waals surface area contributed by atoms with Crippen LogP contribution in [0.5, 0.6) is 0 Å². The Morgan fingerprint density at radius 2 is 0.891 bits per heavy atom. The maximum absolute atomic E-state index is 13.0. The summed E-state index contributed by atoms with van der Waals surface area (Å²) in [4.78, 5) is 25.7. The van der Waals surface area contributed by atoms with Gasteiger partial charge in [0.15, 0.2) is 18.7 Å². The molecule has 0 aromatic heterocycles. The lowest BCUT2D eigenvalue weighted by molar-refractivity contribution is -0.332. The lowest BCUT2D eigenvalue weighted by Gasteiger charge is -2.42. The van der Waals surface area contributed by atoms with E-state index >= 15 is 0 Å². The van der Waals surface area contributed by atoms with E-state index in [1.54, 1.807) is 0 Å². The highest BCUT2D eigenvalue weighted by Gasteiger charge is 2.47. The molecule has 0 spiro atoms. The molecule has 2 unspecified atom stereocenters. The molecule has 0 saturated carbocycles. The fourth-order valence-corrected chi connectivity index (χ4v) is 8.45. The van der Waals surface area contributed by atoms with E-state index in [4.69, 9.17) is 28.4 Å². The van der Waals surface area contributed by atoms with Gasteiger partial charge in [0.25, 0.3) is 0 Å². The van der Waals surface area contributed by atoms with E-state index < -0.39 is 92.7 Å². The molecule has 15 nitrogen and oxygen atoms in total. The number of esters is 2. The van der Waals surface area contributed by atoms with Crippen molar-refractivity contribution in [3.63, 3.8) is 0 Å². The summed E-state index contributed by atoms with van der Waals surface area (Å²) in [5.74, 6) is 0.701. The minimum absolute atomic E-state index is 0.170. The summed E-state index contributed by atoms with van der Waals surface area (Å²) in [5.41, 5.74) is 0. The number of carbonyl (C=O) groups excluding carboxylic acids is 2. The van der Waals surface area contributed by atoms with Crippen molar-refractivity contribution in [2.75, 3.05) is 26.4 Å². The Balaban J connectivity index is 1.83. The van der Waals surface area contributed by atoms with Gasteiger partial charge in [0, 0.05) is 12.8 Å². The van der Waals surface area contributed by atoms with Gasteiger partial charge in [0.1, 0.15) is 55.4 Å². The standard InChI is InChI=1S/C49H92O15/c1-5-7-25-35(3)27-21-17-13-9-11-15-19-23-29-40(51)59-32-37(62-41(52)30-24-20-16-12-10-14-18-22-28-36(4)26-8-6-2)33-60-48-47(58)45(56)43(54)39(64-48)34-61-49-46(57)44(55)42(53)38(31-50)63-49/h35-39,42-50,53-58H,5-34H2,1-4H3/t35?,36?,37-,38+,39+,42-,43-,44-,45-,46+,47+,48+,49+/m0/s1. The average molecular weight is 921 g/mol. The van der Waals surface area contributed by atoms with Crippen LogP contribution < -0.4 is 0 Å². The van der Waals surface area contributed by atoms with Crippen LogP contribution in [0.2, 0.25) is 0 Å². The third kappa shape index (κ3) is 24.5. The Kier molecular flexibility index (Phi) is 32.6. The largest absolute Gasteiger partial charge is 0.462 e. The monoisotopic (exact) mass is 921 g/mol. The fraction of sp³-hybridized carbons (Fsp3) is 0.959. The summed E-state index contributed by atoms with van der Waals surface area (Å²) in [7, 11) is 0. The molecule has 13 atom stereocenters. The summed E-state index contributed by atoms with van der Waals surface area (Å²) in [6.45, 7) is 7.31. The van der Waals surface area contributed by atoms with Gasteiger partial charge in [0.2, 0.25) is 0 Å². The van der Waals surface area contributed by atoms with Crippen molar-refractivity contribution in [1.29, 1.82) is 0 Å². The van der Waals surface area contributed by atoms with E-state index in [-0.39, 0.29) is 26.1 Å². The van der Waals surface area contributed by atoms with Crippen molar-refractivity contribution in [2.24, 2.45) is 11.8 Å². The van der Waals surface area contributed by atoms with Gasteiger partial charge in [-0.15, -0.1) is 0 Å². The van der Waals surface area contributed by atoms with Crippen LogP contribution in [-0.4, -0.2) is 142 Å². The number of rotatable bonds is 38. The number of hydrogen-bond acceptors (Lipinski definition) is 15. The number of aliphatic hydroxyl groups is 7. The Hall–Kier alpha value is -1.50. The highest BCUT2D eigenvalue weighted by molar-refractivity contribution is 5.70. The summed E-state index contributed by atoms with van der Waals surface area (Å²) < 4.78 is 33.6. The second-order valence-corrected chi connectivity index (χ2v) is 18.9. The molecule has 2 aliphatic heterocycles. The van der Waals surface area contributed by atoms with Crippen molar-refractivity contribution >= 4 is 11.9 Å². The summed E-state index contributed by atoms with van der Waals surface area (Å²) in [6.07, 6.45) is 11.3. The first-order valence-corrected chi connectivity index (χ1v) is 25.4. The van der Waals surface area contributed by atoms with Gasteiger partial charge in [-0.3, -0.25) is 9.59 Å². The van der Waals surface area contributed by atoms with E-state index in [1.807, 2.05) is 0 Å². The lowest BCUT2D eigenvalue weighted by atomic mass is 9.97. The fourth-order valence-electron chi connectivity index (χ4n) is 8.45. The lowest BCUT2D eigenvalue weighted by Crippen LogP contribution is -2.61. The molecule has 0 amide bonds. The molecular formula is C49H92O15. The average Bonchev–Trinajstić information content (AvgIpc) is 3.28. The van der Waals surface area contributed by atoms with E-state index in [0.717, 1.165) is 50.4 Å². The minimum Gasteiger partial charge on any atom is -0.462 e. The quantitative estimate of drug-likeness (QED) is 0.0258. The molecule has 378 valence electrons. The third-order valence-corrected chi connectivity index (χ3v) is 12.9. The number of carbonyl (C=O) groups is 2. The molecule has 0 aromatic rings. The first-order valence-electron chi connectivity index (χ1n) is 25.4. The molecule has 2 heterocycles. The van der Waals surface area contributed by atoms with Gasteiger partial charge in [0.05, 0.1) is 19.8 Å². The first-order chi connectivity index (χ1) is 30.8. The van der Waals surface area contributed by atoms with E-state index in [0.29, 0.717) is 12.8 Å². The van der Waals surface area contributed by atoms with Crippen molar-refractivity contribution in [3.05, 3.63) is 0 Å². The van der Waals surface area contributed by atoms with Crippen molar-refractivity contribution < 1.29 is 73.8 Å². The van der Waals surface area contributed by atoms with Gasteiger partial charge in [-0.25, -0.2) is 0 Å². The second-order valence-electron chi connectivity index (χ2n) is 18.9. The van der Waals surface area contributed by atoms with Crippen molar-refractivity contribution in [2.45, 2.75) is 262 Å². The van der Waals surface area contributed by atoms with Crippen LogP contribution in [-0.2, 0) is 38.0 Å². The first kappa shape index (κ1) is 58.6. The summed E-state index contributed by atoms with van der Waals surface area (Å²) >= 11 is 0. The highest BCUT2D eigenvalue weighted by atomic mass is 16.7. The van der Waals surface area contributed by atoms with Gasteiger partial charge in [-0.1, -0.05) is 169 Å². The Morgan fingerprint density at radius 3 is 1.38 bits per heavy atom. The molecule has 0 aliphatic carbocycles. The number of ether oxygens (including phenoxy) is 6. The van der Waals surface area contributed by atoms with E-state index in [9.17, 15) is 45.3 Å². The molecule has 7 N–H and O–H groups in total. The SMILES string of the molecule is CCCCC(C)CCCCCCCCCCC(=O)OC[C@@H](CO[C@@H]1O[C@H](CO[C@@H]2O[C@H](CO)[C@H](O)[C@H](O)[C@H]2O)[C@H](O)[C@H](O)[C@H]1O)OC(=O)CCCCCCCCCCC(C)CCCC. The van der Waals surface area contributed by atoms with Gasteiger partial charge >= 0.3 is 11.9 Å². The molecule has 2 fully saturated rings. The predicted molar refractivity (Wildman–Crippen MR) is 243 cm³/mol. The molecule has 2 rings (SSSR count). The van der Waals surface area contributed by atoms with Crippen LogP contribution in [0.1, 0.15) is 195 Å². The van der Waals surface area contributed by atoms with Crippen molar-refractivity contribution in [3.8, 4) is 0 Å². The number of hydrogen-bond donors (Lipinski definition) is 7. The second kappa shape index (κ2) is 35.6. The maximum Gasteiger partial charge on any atom is 0.306 e. The molecule has 0 aromatic carbocycles.